The molecular formula is C28H26O2P2. The fourth-order valence-corrected chi connectivity index (χ4v) is 10.7. The zero-order valence-corrected chi connectivity index (χ0v) is 19.7. The van der Waals surface area contributed by atoms with Crippen molar-refractivity contribution in [3.8, 4) is 0 Å². The Bertz CT molecular complexity index is 1220. The van der Waals surface area contributed by atoms with E-state index in [1.807, 2.05) is 97.1 Å². The summed E-state index contributed by atoms with van der Waals surface area (Å²) in [6, 6.07) is 36.0. The van der Waals surface area contributed by atoms with Gasteiger partial charge in [0.2, 0.25) is 0 Å². The van der Waals surface area contributed by atoms with E-state index in [0.717, 1.165) is 46.4 Å². The van der Waals surface area contributed by atoms with Crippen LogP contribution in [-0.4, -0.2) is 12.3 Å². The van der Waals surface area contributed by atoms with E-state index in [9.17, 15) is 9.13 Å². The Kier molecular flexibility index (Phi) is 5.76. The normalized spacial score (nSPS) is 23.0. The van der Waals surface area contributed by atoms with E-state index < -0.39 is 14.3 Å². The van der Waals surface area contributed by atoms with Gasteiger partial charge in [0.1, 0.15) is 14.3 Å². The lowest BCUT2D eigenvalue weighted by Crippen LogP contribution is -2.14. The van der Waals surface area contributed by atoms with Crippen molar-refractivity contribution in [3.63, 3.8) is 0 Å². The molecule has 4 aromatic rings. The number of fused-ring (bicyclic) bond motifs is 2. The number of hydrogen-bond acceptors (Lipinski definition) is 2. The third kappa shape index (κ3) is 3.73. The van der Waals surface area contributed by atoms with Gasteiger partial charge in [-0.15, -0.1) is 0 Å². The van der Waals surface area contributed by atoms with E-state index in [-0.39, 0.29) is 0 Å². The van der Waals surface area contributed by atoms with Crippen molar-refractivity contribution >= 4 is 35.5 Å². The van der Waals surface area contributed by atoms with Crippen molar-refractivity contribution in [1.29, 1.82) is 0 Å². The molecule has 32 heavy (non-hydrogen) atoms. The minimum atomic E-state index is -2.31. The largest absolute Gasteiger partial charge is 0.314 e. The first kappa shape index (κ1) is 21.2. The Hall–Kier alpha value is -2.66. The van der Waals surface area contributed by atoms with Gasteiger partial charge in [-0.1, -0.05) is 109 Å². The minimum absolute atomic E-state index is 0.788. The highest BCUT2D eigenvalue weighted by molar-refractivity contribution is 7.79. The molecule has 0 radical (unpaired) electrons. The van der Waals surface area contributed by atoms with Gasteiger partial charge in [-0.2, -0.15) is 0 Å². The molecule has 0 spiro atoms. The number of hydrogen-bond donors (Lipinski definition) is 0. The van der Waals surface area contributed by atoms with Crippen molar-refractivity contribution in [1.82, 2.24) is 0 Å². The maximum absolute atomic E-state index is 13.0. The van der Waals surface area contributed by atoms with E-state index in [4.69, 9.17) is 0 Å². The molecule has 0 amide bonds. The molecule has 0 bridgehead atoms. The molecule has 0 unspecified atom stereocenters. The molecule has 0 aromatic heterocycles. The molecule has 0 aliphatic carbocycles. The topological polar surface area (TPSA) is 34.1 Å². The number of benzene rings is 4. The zero-order chi connectivity index (χ0) is 22.0. The quantitative estimate of drug-likeness (QED) is 0.393. The monoisotopic (exact) mass is 456 g/mol. The maximum Gasteiger partial charge on any atom is 0.143 e. The molecule has 2 aliphatic heterocycles. The van der Waals surface area contributed by atoms with Crippen molar-refractivity contribution in [3.05, 3.63) is 120 Å². The van der Waals surface area contributed by atoms with Crippen LogP contribution in [0.2, 0.25) is 0 Å². The van der Waals surface area contributed by atoms with E-state index >= 15 is 0 Å². The van der Waals surface area contributed by atoms with E-state index in [2.05, 4.69) is 12.1 Å². The van der Waals surface area contributed by atoms with Gasteiger partial charge >= 0.3 is 0 Å². The highest BCUT2D eigenvalue weighted by Gasteiger charge is 2.35. The Labute approximate surface area is 190 Å². The summed E-state index contributed by atoms with van der Waals surface area (Å²) in [4.78, 5) is 0. The predicted octanol–water partition coefficient (Wildman–Crippen LogP) is 5.11. The van der Waals surface area contributed by atoms with E-state index in [1.54, 1.807) is 0 Å². The summed E-state index contributed by atoms with van der Waals surface area (Å²) in [5.74, 6) is 0. The predicted molar refractivity (Wildman–Crippen MR) is 137 cm³/mol. The molecule has 160 valence electrons. The Morgan fingerprint density at radius 2 is 0.781 bits per heavy atom. The Morgan fingerprint density at radius 1 is 0.438 bits per heavy atom. The molecule has 2 heterocycles. The molecule has 2 aliphatic rings. The highest BCUT2D eigenvalue weighted by Crippen LogP contribution is 2.49. The molecular weight excluding hydrogens is 430 g/mol. The fourth-order valence-electron chi connectivity index (χ4n) is 4.82. The van der Waals surface area contributed by atoms with Crippen molar-refractivity contribution < 1.29 is 9.13 Å². The van der Waals surface area contributed by atoms with Crippen molar-refractivity contribution in [2.75, 3.05) is 12.3 Å². The number of rotatable bonds is 2. The SMILES string of the molecule is O=[P@@]1(c2ccccc2)CCc2ccccc21.O=[P@@]1(c2ccccc2)CCc2ccccc21. The summed E-state index contributed by atoms with van der Waals surface area (Å²) in [5.41, 5.74) is 2.52. The summed E-state index contributed by atoms with van der Waals surface area (Å²) >= 11 is 0. The smallest absolute Gasteiger partial charge is 0.143 e. The molecule has 6 rings (SSSR count). The van der Waals surface area contributed by atoms with Crippen LogP contribution in [0.15, 0.2) is 109 Å². The second-order valence-corrected chi connectivity index (χ2v) is 14.2. The summed E-state index contributed by atoms with van der Waals surface area (Å²) < 4.78 is 26.1. The second kappa shape index (κ2) is 8.70. The van der Waals surface area contributed by atoms with Gasteiger partial charge in [-0.25, -0.2) is 0 Å². The summed E-state index contributed by atoms with van der Waals surface area (Å²) in [6.45, 7) is 0. The van der Waals surface area contributed by atoms with Crippen LogP contribution in [0.5, 0.6) is 0 Å². The average Bonchev–Trinajstić information content (AvgIpc) is 3.40. The fraction of sp³-hybridized carbons (Fsp3) is 0.143. The first-order chi connectivity index (χ1) is 15.6. The van der Waals surface area contributed by atoms with Crippen LogP contribution in [0.25, 0.3) is 0 Å². The lowest BCUT2D eigenvalue weighted by atomic mass is 10.2. The Morgan fingerprint density at radius 3 is 1.19 bits per heavy atom. The number of aryl methyl sites for hydroxylation is 2. The van der Waals surface area contributed by atoms with Gasteiger partial charge in [-0.3, -0.25) is 0 Å². The highest BCUT2D eigenvalue weighted by atomic mass is 31.2. The van der Waals surface area contributed by atoms with Gasteiger partial charge in [0.15, 0.2) is 0 Å². The second-order valence-electron chi connectivity index (χ2n) is 8.36. The molecule has 0 N–H and O–H groups in total. The molecule has 2 atom stereocenters. The lowest BCUT2D eigenvalue weighted by Gasteiger charge is -2.13. The standard InChI is InChI=1S/2C14H13OP/c2*15-16(13-7-2-1-3-8-13)11-10-12-6-4-5-9-14(12)16/h2*1-9H,10-11H2/t2*16-/m11/s1. The molecule has 4 heteroatoms. The van der Waals surface area contributed by atoms with Gasteiger partial charge in [0, 0.05) is 33.5 Å². The van der Waals surface area contributed by atoms with Gasteiger partial charge in [-0.05, 0) is 24.0 Å². The van der Waals surface area contributed by atoms with Crippen LogP contribution < -0.4 is 21.2 Å². The van der Waals surface area contributed by atoms with Crippen molar-refractivity contribution in [2.45, 2.75) is 12.8 Å². The molecule has 0 saturated heterocycles. The molecule has 0 saturated carbocycles. The third-order valence-electron chi connectivity index (χ3n) is 6.50. The lowest BCUT2D eigenvalue weighted by molar-refractivity contribution is 0.587. The third-order valence-corrected chi connectivity index (χ3v) is 12.9. The van der Waals surface area contributed by atoms with E-state index in [1.165, 1.54) is 11.1 Å². The average molecular weight is 456 g/mol. The first-order valence-corrected chi connectivity index (χ1v) is 14.9. The summed E-state index contributed by atoms with van der Waals surface area (Å²) in [6.07, 6.45) is 3.47. The minimum Gasteiger partial charge on any atom is -0.314 e. The van der Waals surface area contributed by atoms with Crippen molar-refractivity contribution in [2.24, 2.45) is 0 Å². The summed E-state index contributed by atoms with van der Waals surface area (Å²) in [5, 5.41) is 4.14. The van der Waals surface area contributed by atoms with Crippen LogP contribution in [0.4, 0.5) is 0 Å². The van der Waals surface area contributed by atoms with Crippen LogP contribution in [0.1, 0.15) is 11.1 Å². The molecule has 2 nitrogen and oxygen atoms in total. The first-order valence-electron chi connectivity index (χ1n) is 11.1. The maximum atomic E-state index is 13.0. The van der Waals surface area contributed by atoms with Gasteiger partial charge in [0.05, 0.1) is 0 Å². The van der Waals surface area contributed by atoms with Gasteiger partial charge in [0.25, 0.3) is 0 Å². The van der Waals surface area contributed by atoms with Gasteiger partial charge < -0.3 is 9.13 Å². The summed E-state index contributed by atoms with van der Waals surface area (Å²) in [7, 11) is -4.62. The molecule has 4 aromatic carbocycles. The van der Waals surface area contributed by atoms with Crippen LogP contribution in [0, 0.1) is 0 Å². The molecule has 0 fully saturated rings. The van der Waals surface area contributed by atoms with Crippen LogP contribution in [-0.2, 0) is 22.0 Å². The zero-order valence-electron chi connectivity index (χ0n) is 17.9. The van der Waals surface area contributed by atoms with Crippen LogP contribution in [0.3, 0.4) is 0 Å². The Balaban J connectivity index is 0.000000135. The van der Waals surface area contributed by atoms with Crippen LogP contribution >= 0.6 is 14.3 Å². The van der Waals surface area contributed by atoms with E-state index in [0.29, 0.717) is 0 Å².